The van der Waals surface area contributed by atoms with Crippen molar-refractivity contribution in [1.29, 1.82) is 0 Å². The molecule has 0 aliphatic heterocycles. The molecule has 0 atom stereocenters. The number of carbonyl (C=O) groups is 1. The molecule has 1 fully saturated rings. The summed E-state index contributed by atoms with van der Waals surface area (Å²) in [7, 11) is 0. The highest BCUT2D eigenvalue weighted by atomic mass is 16.5. The molecular weight excluding hydrogens is 190 g/mol. The van der Waals surface area contributed by atoms with Crippen LogP contribution in [0, 0.1) is 17.8 Å². The minimum absolute atomic E-state index is 0.0308. The predicted octanol–water partition coefficient (Wildman–Crippen LogP) is 2.53. The van der Waals surface area contributed by atoms with E-state index >= 15 is 0 Å². The van der Waals surface area contributed by atoms with Crippen LogP contribution in [0.3, 0.4) is 0 Å². The van der Waals surface area contributed by atoms with Gasteiger partial charge in [0.25, 0.3) is 0 Å². The Morgan fingerprint density at radius 3 is 2.60 bits per heavy atom. The van der Waals surface area contributed by atoms with Crippen molar-refractivity contribution in [3.63, 3.8) is 0 Å². The van der Waals surface area contributed by atoms with Crippen molar-refractivity contribution in [2.45, 2.75) is 40.0 Å². The fourth-order valence-electron chi connectivity index (χ4n) is 2.97. The molecule has 0 amide bonds. The van der Waals surface area contributed by atoms with E-state index in [9.17, 15) is 4.79 Å². The molecule has 3 rings (SSSR count). The summed E-state index contributed by atoms with van der Waals surface area (Å²) in [6.45, 7) is 6.19. The number of aromatic nitrogens is 1. The first-order valence-corrected chi connectivity index (χ1v) is 5.48. The zero-order valence-corrected chi connectivity index (χ0v) is 9.39. The third kappa shape index (κ3) is 0.912. The van der Waals surface area contributed by atoms with Gasteiger partial charge in [-0.2, -0.15) is 0 Å². The molecule has 2 aliphatic carbocycles. The fourth-order valence-corrected chi connectivity index (χ4v) is 2.97. The zero-order valence-electron chi connectivity index (χ0n) is 9.39. The van der Waals surface area contributed by atoms with Crippen LogP contribution in [0.2, 0.25) is 0 Å². The summed E-state index contributed by atoms with van der Waals surface area (Å²) in [5, 5.41) is 3.91. The van der Waals surface area contributed by atoms with E-state index in [1.54, 1.807) is 0 Å². The molecule has 3 nitrogen and oxygen atoms in total. The molecule has 1 aromatic rings. The Morgan fingerprint density at radius 2 is 2.00 bits per heavy atom. The maximum atomic E-state index is 12.4. The molecule has 0 unspecified atom stereocenters. The second kappa shape index (κ2) is 2.34. The first-order chi connectivity index (χ1) is 6.98. The van der Waals surface area contributed by atoms with E-state index in [-0.39, 0.29) is 16.6 Å². The Hall–Kier alpha value is -1.12. The van der Waals surface area contributed by atoms with E-state index in [1.807, 2.05) is 6.92 Å². The van der Waals surface area contributed by atoms with Gasteiger partial charge in [0.2, 0.25) is 0 Å². The number of nitrogens with zero attached hydrogens (tertiary/aromatic N) is 1. The minimum Gasteiger partial charge on any atom is -0.360 e. The molecule has 15 heavy (non-hydrogen) atoms. The molecule has 1 spiro atoms. The summed E-state index contributed by atoms with van der Waals surface area (Å²) >= 11 is 0. The molecule has 1 saturated carbocycles. The molecule has 1 aromatic heterocycles. The monoisotopic (exact) mass is 205 g/mol. The third-order valence-corrected chi connectivity index (χ3v) is 4.24. The van der Waals surface area contributed by atoms with Crippen LogP contribution >= 0.6 is 0 Å². The van der Waals surface area contributed by atoms with Crippen LogP contribution in [0.1, 0.15) is 48.5 Å². The van der Waals surface area contributed by atoms with Crippen LogP contribution in [0.25, 0.3) is 0 Å². The molecule has 80 valence electrons. The lowest BCUT2D eigenvalue weighted by atomic mass is 9.65. The van der Waals surface area contributed by atoms with E-state index in [0.717, 1.165) is 36.3 Å². The molecule has 0 radical (unpaired) electrons. The molecular formula is C12H15NO2. The third-order valence-electron chi connectivity index (χ3n) is 4.24. The lowest BCUT2D eigenvalue weighted by Crippen LogP contribution is -2.39. The van der Waals surface area contributed by atoms with Crippen LogP contribution < -0.4 is 0 Å². The average molecular weight is 205 g/mol. The average Bonchev–Trinajstić information content (AvgIpc) is 2.87. The van der Waals surface area contributed by atoms with Crippen molar-refractivity contribution in [3.05, 3.63) is 17.0 Å². The zero-order chi connectivity index (χ0) is 10.8. The molecule has 0 bridgehead atoms. The lowest BCUT2D eigenvalue weighted by Gasteiger charge is -2.36. The van der Waals surface area contributed by atoms with Gasteiger partial charge in [-0.3, -0.25) is 4.79 Å². The summed E-state index contributed by atoms with van der Waals surface area (Å²) in [4.78, 5) is 12.4. The number of fused-ring (bicyclic) bond motifs is 1. The highest BCUT2D eigenvalue weighted by molar-refractivity contribution is 6.05. The highest BCUT2D eigenvalue weighted by Crippen LogP contribution is 2.64. The second-order valence-electron chi connectivity index (χ2n) is 5.54. The molecule has 1 heterocycles. The summed E-state index contributed by atoms with van der Waals surface area (Å²) in [6, 6.07) is 0. The number of ketones is 1. The van der Waals surface area contributed by atoms with Crippen LogP contribution in [-0.2, 0) is 6.42 Å². The smallest absolute Gasteiger partial charge is 0.175 e. The highest BCUT2D eigenvalue weighted by Gasteiger charge is 2.63. The van der Waals surface area contributed by atoms with E-state index in [4.69, 9.17) is 4.52 Å². The van der Waals surface area contributed by atoms with Crippen molar-refractivity contribution in [1.82, 2.24) is 5.16 Å². The van der Waals surface area contributed by atoms with Gasteiger partial charge in [-0.15, -0.1) is 0 Å². The maximum Gasteiger partial charge on any atom is 0.175 e. The number of Topliss-reactive ketones (excluding diaryl/α,β-unsaturated/α-hetero) is 1. The number of aryl methyl sites for hydroxylation is 1. The van der Waals surface area contributed by atoms with Crippen molar-refractivity contribution in [2.24, 2.45) is 10.8 Å². The normalized spacial score (nSPS) is 25.4. The molecule has 2 aliphatic rings. The minimum atomic E-state index is -0.101. The van der Waals surface area contributed by atoms with Crippen LogP contribution in [0.15, 0.2) is 4.52 Å². The molecule has 0 aromatic carbocycles. The largest absolute Gasteiger partial charge is 0.360 e. The summed E-state index contributed by atoms with van der Waals surface area (Å²) in [6.07, 6.45) is 2.90. The topological polar surface area (TPSA) is 43.1 Å². The standard InChI is InChI=1S/C12H15NO2/c1-7-9-8(15-13-7)6-11(2,3)12(4-5-12)10(9)14/h4-6H2,1-3H3. The molecule has 0 saturated heterocycles. The van der Waals surface area contributed by atoms with Crippen LogP contribution in [-0.4, -0.2) is 10.9 Å². The van der Waals surface area contributed by atoms with E-state index in [2.05, 4.69) is 19.0 Å². The van der Waals surface area contributed by atoms with E-state index in [0.29, 0.717) is 0 Å². The van der Waals surface area contributed by atoms with Gasteiger partial charge < -0.3 is 4.52 Å². The van der Waals surface area contributed by atoms with Crippen LogP contribution in [0.5, 0.6) is 0 Å². The summed E-state index contributed by atoms with van der Waals surface area (Å²) in [5.74, 6) is 1.06. The summed E-state index contributed by atoms with van der Waals surface area (Å²) in [5.41, 5.74) is 1.46. The predicted molar refractivity (Wildman–Crippen MR) is 54.7 cm³/mol. The van der Waals surface area contributed by atoms with Gasteiger partial charge in [0, 0.05) is 11.8 Å². The first-order valence-electron chi connectivity index (χ1n) is 5.48. The maximum absolute atomic E-state index is 12.4. The Kier molecular flexibility index (Phi) is 1.42. The fraction of sp³-hybridized carbons (Fsp3) is 0.667. The van der Waals surface area contributed by atoms with Crippen molar-refractivity contribution >= 4 is 5.78 Å². The Bertz CT molecular complexity index is 452. The quantitative estimate of drug-likeness (QED) is 0.653. The van der Waals surface area contributed by atoms with E-state index < -0.39 is 0 Å². The lowest BCUT2D eigenvalue weighted by molar-refractivity contribution is 0.0688. The van der Waals surface area contributed by atoms with Gasteiger partial charge >= 0.3 is 0 Å². The Morgan fingerprint density at radius 1 is 1.33 bits per heavy atom. The SMILES string of the molecule is Cc1noc2c1C(=O)C1(CC1)C(C)(C)C2. The molecule has 3 heteroatoms. The van der Waals surface area contributed by atoms with Gasteiger partial charge in [0.15, 0.2) is 5.78 Å². The first kappa shape index (κ1) is 9.13. The number of hydrogen-bond acceptors (Lipinski definition) is 3. The number of rotatable bonds is 0. The van der Waals surface area contributed by atoms with Gasteiger partial charge in [-0.05, 0) is 25.2 Å². The van der Waals surface area contributed by atoms with E-state index in [1.165, 1.54) is 0 Å². The second-order valence-corrected chi connectivity index (χ2v) is 5.54. The summed E-state index contributed by atoms with van der Waals surface area (Å²) < 4.78 is 5.24. The van der Waals surface area contributed by atoms with Crippen molar-refractivity contribution in [3.8, 4) is 0 Å². The van der Waals surface area contributed by atoms with Crippen LogP contribution in [0.4, 0.5) is 0 Å². The van der Waals surface area contributed by atoms with Gasteiger partial charge in [-0.25, -0.2) is 0 Å². The van der Waals surface area contributed by atoms with Gasteiger partial charge in [0.1, 0.15) is 5.76 Å². The van der Waals surface area contributed by atoms with Gasteiger partial charge in [0.05, 0.1) is 11.3 Å². The molecule has 0 N–H and O–H groups in total. The van der Waals surface area contributed by atoms with Gasteiger partial charge in [-0.1, -0.05) is 19.0 Å². The Balaban J connectivity index is 2.21. The number of carbonyl (C=O) groups excluding carboxylic acids is 1. The van der Waals surface area contributed by atoms with Crippen molar-refractivity contribution < 1.29 is 9.32 Å². The Labute approximate surface area is 88.8 Å². The van der Waals surface area contributed by atoms with Crippen molar-refractivity contribution in [2.75, 3.05) is 0 Å². The number of hydrogen-bond donors (Lipinski definition) is 0.